The quantitative estimate of drug-likeness (QED) is 0.626. The van der Waals surface area contributed by atoms with Crippen molar-refractivity contribution in [3.8, 4) is 6.07 Å². The van der Waals surface area contributed by atoms with E-state index in [0.29, 0.717) is 5.92 Å². The summed E-state index contributed by atoms with van der Waals surface area (Å²) >= 11 is 0. The van der Waals surface area contributed by atoms with Gasteiger partial charge in [-0.25, -0.2) is 0 Å². The summed E-state index contributed by atoms with van der Waals surface area (Å²) in [5, 5.41) is 12.4. The highest BCUT2D eigenvalue weighted by atomic mass is 16.1. The van der Waals surface area contributed by atoms with Crippen LogP contribution in [-0.4, -0.2) is 25.0 Å². The Morgan fingerprint density at radius 1 is 1.24 bits per heavy atom. The van der Waals surface area contributed by atoms with E-state index in [1.807, 2.05) is 24.3 Å². The Kier molecular flexibility index (Phi) is 7.06. The number of rotatable bonds is 6. The molecule has 1 N–H and O–H groups in total. The van der Waals surface area contributed by atoms with Gasteiger partial charge in [-0.3, -0.25) is 4.79 Å². The predicted octanol–water partition coefficient (Wildman–Crippen LogP) is 4.13. The minimum Gasteiger partial charge on any atom is -0.372 e. The molecule has 1 amide bonds. The fourth-order valence-electron chi connectivity index (χ4n) is 3.46. The number of nitriles is 1. The number of benzene rings is 1. The van der Waals surface area contributed by atoms with Gasteiger partial charge in [0, 0.05) is 24.8 Å². The maximum absolute atomic E-state index is 12.5. The fourth-order valence-corrected chi connectivity index (χ4v) is 3.46. The molecular formula is C21H29N3O. The maximum Gasteiger partial charge on any atom is 0.262 e. The lowest BCUT2D eigenvalue weighted by Crippen LogP contribution is -2.41. The average Bonchev–Trinajstić information content (AvgIpc) is 2.63. The van der Waals surface area contributed by atoms with Crippen LogP contribution in [0.1, 0.15) is 52.0 Å². The van der Waals surface area contributed by atoms with Crippen molar-refractivity contribution in [2.45, 2.75) is 52.5 Å². The zero-order valence-corrected chi connectivity index (χ0v) is 15.6. The van der Waals surface area contributed by atoms with Gasteiger partial charge in [0.2, 0.25) is 0 Å². The van der Waals surface area contributed by atoms with Crippen molar-refractivity contribution in [1.29, 1.82) is 5.26 Å². The highest BCUT2D eigenvalue weighted by molar-refractivity contribution is 6.01. The van der Waals surface area contributed by atoms with E-state index in [9.17, 15) is 10.1 Å². The lowest BCUT2D eigenvalue weighted by Gasteiger charge is -2.29. The van der Waals surface area contributed by atoms with Crippen LogP contribution in [0, 0.1) is 17.2 Å². The molecule has 1 aromatic carbocycles. The molecule has 0 aromatic heterocycles. The minimum absolute atomic E-state index is 0.174. The molecule has 2 atom stereocenters. The van der Waals surface area contributed by atoms with Crippen LogP contribution < -0.4 is 10.2 Å². The monoisotopic (exact) mass is 339 g/mol. The smallest absolute Gasteiger partial charge is 0.262 e. The summed E-state index contributed by atoms with van der Waals surface area (Å²) in [6.07, 6.45) is 6.20. The second-order valence-electron chi connectivity index (χ2n) is 6.78. The van der Waals surface area contributed by atoms with Gasteiger partial charge in [0.25, 0.3) is 5.91 Å². The first-order chi connectivity index (χ1) is 12.1. The van der Waals surface area contributed by atoms with Crippen molar-refractivity contribution >= 4 is 17.7 Å². The normalized spacial score (nSPS) is 20.6. The Balaban J connectivity index is 2.08. The van der Waals surface area contributed by atoms with E-state index in [-0.39, 0.29) is 17.5 Å². The van der Waals surface area contributed by atoms with Gasteiger partial charge in [-0.2, -0.15) is 5.26 Å². The van der Waals surface area contributed by atoms with Gasteiger partial charge in [0.05, 0.1) is 0 Å². The van der Waals surface area contributed by atoms with E-state index in [1.165, 1.54) is 6.42 Å². The van der Waals surface area contributed by atoms with Crippen LogP contribution in [0.4, 0.5) is 5.69 Å². The second-order valence-corrected chi connectivity index (χ2v) is 6.78. The van der Waals surface area contributed by atoms with Crippen molar-refractivity contribution in [3.05, 3.63) is 35.4 Å². The number of carbonyl (C=O) groups is 1. The van der Waals surface area contributed by atoms with Crippen LogP contribution in [0.15, 0.2) is 29.8 Å². The molecule has 0 radical (unpaired) electrons. The third kappa shape index (κ3) is 5.09. The topological polar surface area (TPSA) is 56.1 Å². The number of hydrogen-bond donors (Lipinski definition) is 1. The zero-order valence-electron chi connectivity index (χ0n) is 15.6. The van der Waals surface area contributed by atoms with Crippen LogP contribution in [0.2, 0.25) is 0 Å². The maximum atomic E-state index is 12.5. The lowest BCUT2D eigenvalue weighted by molar-refractivity contribution is -0.118. The Bertz CT molecular complexity index is 638. The molecule has 1 aliphatic rings. The van der Waals surface area contributed by atoms with E-state index in [1.54, 1.807) is 6.08 Å². The van der Waals surface area contributed by atoms with Crippen LogP contribution in [-0.2, 0) is 4.79 Å². The lowest BCUT2D eigenvalue weighted by atomic mass is 9.86. The molecule has 2 rings (SSSR count). The predicted molar refractivity (Wildman–Crippen MR) is 103 cm³/mol. The van der Waals surface area contributed by atoms with E-state index in [2.05, 4.69) is 37.1 Å². The summed E-state index contributed by atoms with van der Waals surface area (Å²) in [7, 11) is 0. The molecule has 4 nitrogen and oxygen atoms in total. The first-order valence-electron chi connectivity index (χ1n) is 9.36. The molecule has 1 aromatic rings. The van der Waals surface area contributed by atoms with Gasteiger partial charge < -0.3 is 10.2 Å². The fraction of sp³-hybridized carbons (Fsp3) is 0.524. The van der Waals surface area contributed by atoms with Gasteiger partial charge in [0.1, 0.15) is 11.6 Å². The zero-order chi connectivity index (χ0) is 18.2. The average molecular weight is 339 g/mol. The summed E-state index contributed by atoms with van der Waals surface area (Å²) in [5.41, 5.74) is 2.20. The highest BCUT2D eigenvalue weighted by Crippen LogP contribution is 2.24. The van der Waals surface area contributed by atoms with Crippen molar-refractivity contribution in [3.63, 3.8) is 0 Å². The standard InChI is InChI=1S/C21H29N3O/c1-4-24(5-2)19-12-10-17(11-13-19)14-18(15-22)21(25)23-20-9-7-6-8-16(20)3/h10-14,16,20H,4-9H2,1-3H3,(H,23,25)/b18-14+/t16-,20+/m1/s1. The Morgan fingerprint density at radius 2 is 1.88 bits per heavy atom. The molecule has 4 heteroatoms. The first-order valence-corrected chi connectivity index (χ1v) is 9.36. The molecular weight excluding hydrogens is 310 g/mol. The van der Waals surface area contributed by atoms with Gasteiger partial charge in [-0.05, 0) is 56.4 Å². The van der Waals surface area contributed by atoms with E-state index >= 15 is 0 Å². The first kappa shape index (κ1) is 19.1. The Morgan fingerprint density at radius 3 is 2.44 bits per heavy atom. The van der Waals surface area contributed by atoms with Crippen molar-refractivity contribution < 1.29 is 4.79 Å². The SMILES string of the molecule is CCN(CC)c1ccc(/C=C(\C#N)C(=O)N[C@H]2CCCC[C@H]2C)cc1. The van der Waals surface area contributed by atoms with Crippen molar-refractivity contribution in [1.82, 2.24) is 5.32 Å². The summed E-state index contributed by atoms with van der Waals surface area (Å²) in [5.74, 6) is 0.222. The molecule has 0 unspecified atom stereocenters. The number of anilines is 1. The number of hydrogen-bond acceptors (Lipinski definition) is 3. The highest BCUT2D eigenvalue weighted by Gasteiger charge is 2.24. The van der Waals surface area contributed by atoms with Gasteiger partial charge in [-0.15, -0.1) is 0 Å². The molecule has 1 fully saturated rings. The molecule has 25 heavy (non-hydrogen) atoms. The number of nitrogens with one attached hydrogen (secondary N) is 1. The van der Waals surface area contributed by atoms with Crippen LogP contribution in [0.5, 0.6) is 0 Å². The number of amides is 1. The second kappa shape index (κ2) is 9.27. The Labute approximate surface area is 151 Å². The molecule has 0 saturated heterocycles. The van der Waals surface area contributed by atoms with Crippen molar-refractivity contribution in [2.75, 3.05) is 18.0 Å². The van der Waals surface area contributed by atoms with E-state index in [0.717, 1.165) is 43.6 Å². The van der Waals surface area contributed by atoms with Gasteiger partial charge in [0.15, 0.2) is 0 Å². The third-order valence-corrected chi connectivity index (χ3v) is 5.13. The largest absolute Gasteiger partial charge is 0.372 e. The molecule has 134 valence electrons. The van der Waals surface area contributed by atoms with Gasteiger partial charge in [-0.1, -0.05) is 31.9 Å². The number of carbonyl (C=O) groups excluding carboxylic acids is 1. The molecule has 0 aliphatic heterocycles. The Hall–Kier alpha value is -2.28. The van der Waals surface area contributed by atoms with Crippen molar-refractivity contribution in [2.24, 2.45) is 5.92 Å². The molecule has 0 bridgehead atoms. The van der Waals surface area contributed by atoms with Crippen LogP contribution in [0.3, 0.4) is 0 Å². The summed E-state index contributed by atoms with van der Waals surface area (Å²) < 4.78 is 0. The van der Waals surface area contributed by atoms with Gasteiger partial charge >= 0.3 is 0 Å². The summed E-state index contributed by atoms with van der Waals surface area (Å²) in [6.45, 7) is 8.34. The molecule has 1 saturated carbocycles. The van der Waals surface area contributed by atoms with E-state index < -0.39 is 0 Å². The summed E-state index contributed by atoms with van der Waals surface area (Å²) in [4.78, 5) is 14.7. The van der Waals surface area contributed by atoms with E-state index in [4.69, 9.17) is 0 Å². The molecule has 0 heterocycles. The number of nitrogens with zero attached hydrogens (tertiary/aromatic N) is 2. The van der Waals surface area contributed by atoms with Crippen LogP contribution >= 0.6 is 0 Å². The minimum atomic E-state index is -0.255. The molecule has 1 aliphatic carbocycles. The van der Waals surface area contributed by atoms with Crippen LogP contribution in [0.25, 0.3) is 6.08 Å². The third-order valence-electron chi connectivity index (χ3n) is 5.13. The molecule has 0 spiro atoms. The summed E-state index contributed by atoms with van der Waals surface area (Å²) in [6, 6.07) is 10.2.